The number of rotatable bonds is 2. The molecule has 18 heavy (non-hydrogen) atoms. The predicted octanol–water partition coefficient (Wildman–Crippen LogP) is 3.66. The molecule has 2 rings (SSSR count). The molecule has 0 aliphatic carbocycles. The van der Waals surface area contributed by atoms with Crippen LogP contribution in [0.1, 0.15) is 25.8 Å². The number of hydrogen-bond acceptors (Lipinski definition) is 2. The first-order valence-corrected chi connectivity index (χ1v) is 7.47. The maximum Gasteiger partial charge on any atom is 0.0451 e. The van der Waals surface area contributed by atoms with Crippen LogP contribution >= 0.6 is 27.5 Å². The van der Waals surface area contributed by atoms with E-state index in [9.17, 15) is 0 Å². The van der Waals surface area contributed by atoms with Gasteiger partial charge in [-0.1, -0.05) is 41.4 Å². The summed E-state index contributed by atoms with van der Waals surface area (Å²) in [5.74, 6) is 0. The van der Waals surface area contributed by atoms with Crippen LogP contribution in [0.3, 0.4) is 0 Å². The minimum absolute atomic E-state index is 0.177. The largest absolute Gasteiger partial charge is 0.327 e. The van der Waals surface area contributed by atoms with E-state index in [1.54, 1.807) is 0 Å². The van der Waals surface area contributed by atoms with E-state index in [0.29, 0.717) is 6.04 Å². The smallest absolute Gasteiger partial charge is 0.0451 e. The van der Waals surface area contributed by atoms with Crippen molar-refractivity contribution >= 4 is 27.5 Å². The molecule has 1 atom stereocenters. The molecule has 0 spiro atoms. The zero-order valence-electron chi connectivity index (χ0n) is 10.9. The molecule has 1 saturated heterocycles. The Morgan fingerprint density at radius 3 is 2.89 bits per heavy atom. The minimum Gasteiger partial charge on any atom is -0.327 e. The molecule has 1 aliphatic heterocycles. The lowest BCUT2D eigenvalue weighted by atomic mass is 9.79. The Labute approximate surface area is 123 Å². The summed E-state index contributed by atoms with van der Waals surface area (Å²) in [6.45, 7) is 7.46. The quantitative estimate of drug-likeness (QED) is 0.896. The van der Waals surface area contributed by atoms with Crippen LogP contribution in [-0.4, -0.2) is 24.0 Å². The van der Waals surface area contributed by atoms with Crippen molar-refractivity contribution in [3.63, 3.8) is 0 Å². The fourth-order valence-electron chi connectivity index (χ4n) is 2.53. The summed E-state index contributed by atoms with van der Waals surface area (Å²) in [6, 6.07) is 6.32. The van der Waals surface area contributed by atoms with Gasteiger partial charge in [0.2, 0.25) is 0 Å². The van der Waals surface area contributed by atoms with Crippen LogP contribution in [-0.2, 0) is 6.54 Å². The molecule has 1 unspecified atom stereocenters. The van der Waals surface area contributed by atoms with Crippen molar-refractivity contribution in [2.45, 2.75) is 32.9 Å². The molecular formula is C14H20BrClN2. The summed E-state index contributed by atoms with van der Waals surface area (Å²) in [5.41, 5.74) is 7.52. The van der Waals surface area contributed by atoms with Gasteiger partial charge in [0.15, 0.2) is 0 Å². The molecular weight excluding hydrogens is 312 g/mol. The highest BCUT2D eigenvalue weighted by Crippen LogP contribution is 2.30. The minimum atomic E-state index is 0.177. The Balaban J connectivity index is 2.08. The average Bonchev–Trinajstić information content (AvgIpc) is 2.28. The lowest BCUT2D eigenvalue weighted by molar-refractivity contribution is 0.0899. The number of likely N-dealkylation sites (tertiary alicyclic amines) is 1. The molecule has 1 fully saturated rings. The normalized spacial score (nSPS) is 24.2. The second-order valence-electron chi connectivity index (χ2n) is 5.83. The monoisotopic (exact) mass is 330 g/mol. The topological polar surface area (TPSA) is 29.3 Å². The summed E-state index contributed by atoms with van der Waals surface area (Å²) in [6.07, 6.45) is 1.05. The molecule has 1 heterocycles. The van der Waals surface area contributed by atoms with Gasteiger partial charge in [0, 0.05) is 35.2 Å². The maximum atomic E-state index is 6.24. The highest BCUT2D eigenvalue weighted by atomic mass is 79.9. The van der Waals surface area contributed by atoms with E-state index in [-0.39, 0.29) is 5.41 Å². The van der Waals surface area contributed by atoms with Crippen LogP contribution in [0, 0.1) is 5.41 Å². The second kappa shape index (κ2) is 5.49. The first kappa shape index (κ1) is 14.3. The Bertz CT molecular complexity index is 434. The molecule has 0 amide bonds. The van der Waals surface area contributed by atoms with Crippen molar-refractivity contribution in [2.24, 2.45) is 11.1 Å². The predicted molar refractivity (Wildman–Crippen MR) is 80.8 cm³/mol. The number of benzene rings is 1. The first-order chi connectivity index (χ1) is 8.38. The maximum absolute atomic E-state index is 6.24. The van der Waals surface area contributed by atoms with Crippen molar-refractivity contribution in [1.29, 1.82) is 0 Å². The van der Waals surface area contributed by atoms with Crippen LogP contribution < -0.4 is 5.73 Å². The molecule has 1 aliphatic rings. The van der Waals surface area contributed by atoms with Crippen LogP contribution in [0.15, 0.2) is 22.7 Å². The van der Waals surface area contributed by atoms with E-state index in [1.807, 2.05) is 12.1 Å². The second-order valence-corrected chi connectivity index (χ2v) is 7.15. The Hall–Kier alpha value is -0.0900. The van der Waals surface area contributed by atoms with E-state index in [0.717, 1.165) is 35.6 Å². The van der Waals surface area contributed by atoms with E-state index in [2.05, 4.69) is 40.7 Å². The molecule has 0 saturated carbocycles. The molecule has 1 aromatic rings. The highest BCUT2D eigenvalue weighted by molar-refractivity contribution is 9.10. The SMILES string of the molecule is CC1(C)CN(Cc2cc(Br)ccc2Cl)CCC1N. The zero-order valence-corrected chi connectivity index (χ0v) is 13.3. The van der Waals surface area contributed by atoms with Crippen molar-refractivity contribution in [3.8, 4) is 0 Å². The van der Waals surface area contributed by atoms with Gasteiger partial charge in [-0.25, -0.2) is 0 Å². The number of nitrogens with zero attached hydrogens (tertiary/aromatic N) is 1. The Morgan fingerprint density at radius 2 is 2.22 bits per heavy atom. The third kappa shape index (κ3) is 3.27. The van der Waals surface area contributed by atoms with Crippen LogP contribution in [0.2, 0.25) is 5.02 Å². The van der Waals surface area contributed by atoms with Gasteiger partial charge >= 0.3 is 0 Å². The van der Waals surface area contributed by atoms with Crippen molar-refractivity contribution in [1.82, 2.24) is 4.90 Å². The fraction of sp³-hybridized carbons (Fsp3) is 0.571. The molecule has 1 aromatic carbocycles. The van der Waals surface area contributed by atoms with Crippen molar-refractivity contribution in [2.75, 3.05) is 13.1 Å². The van der Waals surface area contributed by atoms with Gasteiger partial charge < -0.3 is 5.73 Å². The summed E-state index contributed by atoms with van der Waals surface area (Å²) >= 11 is 9.74. The van der Waals surface area contributed by atoms with Crippen LogP contribution in [0.25, 0.3) is 0 Å². The van der Waals surface area contributed by atoms with Gasteiger partial charge in [0.05, 0.1) is 0 Å². The molecule has 0 bridgehead atoms. The molecule has 100 valence electrons. The number of nitrogens with two attached hydrogens (primary N) is 1. The van der Waals surface area contributed by atoms with E-state index in [4.69, 9.17) is 17.3 Å². The molecule has 0 radical (unpaired) electrons. The van der Waals surface area contributed by atoms with Crippen LogP contribution in [0.5, 0.6) is 0 Å². The van der Waals surface area contributed by atoms with Gasteiger partial charge in [-0.2, -0.15) is 0 Å². The van der Waals surface area contributed by atoms with E-state index in [1.165, 1.54) is 5.56 Å². The van der Waals surface area contributed by atoms with Gasteiger partial charge in [0.1, 0.15) is 0 Å². The van der Waals surface area contributed by atoms with Crippen LogP contribution in [0.4, 0.5) is 0 Å². The molecule has 4 heteroatoms. The van der Waals surface area contributed by atoms with Crippen molar-refractivity contribution in [3.05, 3.63) is 33.3 Å². The van der Waals surface area contributed by atoms with E-state index < -0.39 is 0 Å². The average molecular weight is 332 g/mol. The third-order valence-electron chi connectivity index (χ3n) is 3.79. The Morgan fingerprint density at radius 1 is 1.50 bits per heavy atom. The summed E-state index contributed by atoms with van der Waals surface area (Å²) in [7, 11) is 0. The standard InChI is InChI=1S/C14H20BrClN2/c1-14(2)9-18(6-5-13(14)17)8-10-7-11(15)3-4-12(10)16/h3-4,7,13H,5-6,8-9,17H2,1-2H3. The summed E-state index contributed by atoms with van der Waals surface area (Å²) in [5, 5.41) is 0.839. The zero-order chi connectivity index (χ0) is 13.3. The Kier molecular flexibility index (Phi) is 4.37. The molecule has 2 nitrogen and oxygen atoms in total. The number of hydrogen-bond donors (Lipinski definition) is 1. The first-order valence-electron chi connectivity index (χ1n) is 6.30. The third-order valence-corrected chi connectivity index (χ3v) is 4.65. The van der Waals surface area contributed by atoms with Gasteiger partial charge in [-0.05, 0) is 35.6 Å². The van der Waals surface area contributed by atoms with Crippen molar-refractivity contribution < 1.29 is 0 Å². The van der Waals surface area contributed by atoms with Gasteiger partial charge in [-0.3, -0.25) is 4.90 Å². The molecule has 0 aromatic heterocycles. The number of piperidine rings is 1. The van der Waals surface area contributed by atoms with E-state index >= 15 is 0 Å². The lowest BCUT2D eigenvalue weighted by Gasteiger charge is -2.42. The lowest BCUT2D eigenvalue weighted by Crippen LogP contribution is -2.52. The van der Waals surface area contributed by atoms with Gasteiger partial charge in [0.25, 0.3) is 0 Å². The fourth-order valence-corrected chi connectivity index (χ4v) is 3.11. The number of halogens is 2. The molecule has 2 N–H and O–H groups in total. The highest BCUT2D eigenvalue weighted by Gasteiger charge is 2.33. The summed E-state index contributed by atoms with van der Waals surface area (Å²) < 4.78 is 1.08. The summed E-state index contributed by atoms with van der Waals surface area (Å²) in [4.78, 5) is 2.44. The van der Waals surface area contributed by atoms with Gasteiger partial charge in [-0.15, -0.1) is 0 Å².